The minimum atomic E-state index is -3.62. The second-order valence-corrected chi connectivity index (χ2v) is 9.23. The molecule has 7 nitrogen and oxygen atoms in total. The number of thiazole rings is 1. The molecule has 1 amide bonds. The summed E-state index contributed by atoms with van der Waals surface area (Å²) in [5.74, 6) is -0.177. The number of ether oxygens (including phenoxy) is 1. The zero-order valence-electron chi connectivity index (χ0n) is 15.3. The molecule has 148 valence electrons. The van der Waals surface area contributed by atoms with Crippen LogP contribution in [0.4, 0.5) is 0 Å². The number of nitrogens with one attached hydrogen (secondary N) is 1. The lowest BCUT2D eigenvalue weighted by molar-refractivity contribution is -0.118. The highest BCUT2D eigenvalue weighted by atomic mass is 32.2. The number of aromatic nitrogens is 1. The highest BCUT2D eigenvalue weighted by Gasteiger charge is 2.19. The standard InChI is InChI=1S/C19H20N2O5S2/c1-14-4-6-16(7-5-14)26-10-19-21-15(11-27-19)12-28(23,24)13-18(22)20-9-17-3-2-8-25-17/h2-8,11H,9-10,12-13H2,1H3,(H,20,22). The van der Waals surface area contributed by atoms with Gasteiger partial charge in [-0.3, -0.25) is 4.79 Å². The van der Waals surface area contributed by atoms with Gasteiger partial charge in [0.1, 0.15) is 28.9 Å². The van der Waals surface area contributed by atoms with Crippen LogP contribution in [0.3, 0.4) is 0 Å². The van der Waals surface area contributed by atoms with E-state index in [-0.39, 0.29) is 18.9 Å². The number of sulfone groups is 1. The van der Waals surface area contributed by atoms with Gasteiger partial charge in [-0.2, -0.15) is 0 Å². The van der Waals surface area contributed by atoms with Crippen molar-refractivity contribution in [2.45, 2.75) is 25.8 Å². The van der Waals surface area contributed by atoms with E-state index in [2.05, 4.69) is 10.3 Å². The summed E-state index contributed by atoms with van der Waals surface area (Å²) in [5, 5.41) is 4.87. The maximum absolute atomic E-state index is 12.2. The molecule has 1 N–H and O–H groups in total. The van der Waals surface area contributed by atoms with Crippen LogP contribution in [-0.2, 0) is 33.5 Å². The fourth-order valence-electron chi connectivity index (χ4n) is 2.39. The molecule has 2 aromatic heterocycles. The van der Waals surface area contributed by atoms with E-state index in [1.54, 1.807) is 17.5 Å². The SMILES string of the molecule is Cc1ccc(OCc2nc(CS(=O)(=O)CC(=O)NCc3ccco3)cs2)cc1. The van der Waals surface area contributed by atoms with Gasteiger partial charge in [0.25, 0.3) is 0 Å². The average Bonchev–Trinajstić information content (AvgIpc) is 3.30. The Morgan fingerprint density at radius 1 is 1.25 bits per heavy atom. The van der Waals surface area contributed by atoms with Crippen LogP contribution in [-0.4, -0.2) is 25.1 Å². The topological polar surface area (TPSA) is 98.5 Å². The van der Waals surface area contributed by atoms with Crippen molar-refractivity contribution in [3.8, 4) is 5.75 Å². The number of aryl methyl sites for hydroxylation is 1. The summed E-state index contributed by atoms with van der Waals surface area (Å²) in [7, 11) is -3.62. The molecule has 0 aliphatic rings. The molecule has 0 fully saturated rings. The molecule has 2 heterocycles. The summed E-state index contributed by atoms with van der Waals surface area (Å²) in [5.41, 5.74) is 1.55. The number of rotatable bonds is 9. The summed E-state index contributed by atoms with van der Waals surface area (Å²) in [6.07, 6.45) is 1.49. The molecule has 9 heteroatoms. The number of furan rings is 1. The summed E-state index contributed by atoms with van der Waals surface area (Å²) in [6.45, 7) is 2.41. The van der Waals surface area contributed by atoms with Gasteiger partial charge < -0.3 is 14.5 Å². The van der Waals surface area contributed by atoms with E-state index in [4.69, 9.17) is 9.15 Å². The van der Waals surface area contributed by atoms with Crippen molar-refractivity contribution in [3.05, 3.63) is 70.1 Å². The highest BCUT2D eigenvalue weighted by molar-refractivity contribution is 7.91. The summed E-state index contributed by atoms with van der Waals surface area (Å²) < 4.78 is 35.2. The third kappa shape index (κ3) is 6.21. The molecule has 0 spiro atoms. The van der Waals surface area contributed by atoms with Gasteiger partial charge in [-0.25, -0.2) is 13.4 Å². The Kier molecular flexibility index (Phi) is 6.48. The summed E-state index contributed by atoms with van der Waals surface area (Å²) in [4.78, 5) is 16.2. The molecule has 0 atom stereocenters. The number of benzene rings is 1. The molecule has 0 bridgehead atoms. The van der Waals surface area contributed by atoms with Gasteiger partial charge >= 0.3 is 0 Å². The number of nitrogens with zero attached hydrogens (tertiary/aromatic N) is 1. The Hall–Kier alpha value is -2.65. The first kappa shape index (κ1) is 20.1. The van der Waals surface area contributed by atoms with Crippen molar-refractivity contribution in [2.24, 2.45) is 0 Å². The average molecular weight is 421 g/mol. The van der Waals surface area contributed by atoms with Crippen LogP contribution in [0.1, 0.15) is 22.0 Å². The fraction of sp³-hybridized carbons (Fsp3) is 0.263. The summed E-state index contributed by atoms with van der Waals surface area (Å²) in [6, 6.07) is 11.0. The molecule has 0 aliphatic carbocycles. The normalized spacial score (nSPS) is 11.3. The Labute approximate surface area is 167 Å². The van der Waals surface area contributed by atoms with Gasteiger partial charge in [-0.15, -0.1) is 11.3 Å². The van der Waals surface area contributed by atoms with Crippen LogP contribution in [0, 0.1) is 6.92 Å². The Morgan fingerprint density at radius 3 is 2.75 bits per heavy atom. The van der Waals surface area contributed by atoms with Crippen LogP contribution in [0.2, 0.25) is 0 Å². The zero-order valence-corrected chi connectivity index (χ0v) is 16.9. The van der Waals surface area contributed by atoms with E-state index in [0.29, 0.717) is 16.5 Å². The van der Waals surface area contributed by atoms with E-state index in [0.717, 1.165) is 11.3 Å². The van der Waals surface area contributed by atoms with E-state index >= 15 is 0 Å². The fourth-order valence-corrected chi connectivity index (χ4v) is 4.40. The van der Waals surface area contributed by atoms with Crippen LogP contribution >= 0.6 is 11.3 Å². The Morgan fingerprint density at radius 2 is 2.04 bits per heavy atom. The third-order valence-electron chi connectivity index (χ3n) is 3.74. The predicted octanol–water partition coefficient (Wildman–Crippen LogP) is 2.85. The number of carbonyl (C=O) groups is 1. The first-order valence-corrected chi connectivity index (χ1v) is 11.2. The van der Waals surface area contributed by atoms with Crippen LogP contribution in [0.5, 0.6) is 5.75 Å². The molecule has 0 unspecified atom stereocenters. The first-order chi connectivity index (χ1) is 13.4. The van der Waals surface area contributed by atoms with E-state index in [1.807, 2.05) is 31.2 Å². The molecule has 0 aliphatic heterocycles. The monoisotopic (exact) mass is 420 g/mol. The zero-order chi connectivity index (χ0) is 20.0. The first-order valence-electron chi connectivity index (χ1n) is 8.52. The van der Waals surface area contributed by atoms with Gasteiger partial charge in [-0.1, -0.05) is 17.7 Å². The predicted molar refractivity (Wildman–Crippen MR) is 106 cm³/mol. The minimum Gasteiger partial charge on any atom is -0.486 e. The maximum atomic E-state index is 12.2. The summed E-state index contributed by atoms with van der Waals surface area (Å²) >= 11 is 1.33. The molecule has 3 aromatic rings. The Bertz CT molecular complexity index is 1010. The molecular formula is C19H20N2O5S2. The quantitative estimate of drug-likeness (QED) is 0.572. The van der Waals surface area contributed by atoms with Gasteiger partial charge in [-0.05, 0) is 31.2 Å². The van der Waals surface area contributed by atoms with Gasteiger partial charge in [0, 0.05) is 5.38 Å². The van der Waals surface area contributed by atoms with Crippen LogP contribution in [0.25, 0.3) is 0 Å². The largest absolute Gasteiger partial charge is 0.486 e. The lowest BCUT2D eigenvalue weighted by atomic mass is 10.2. The van der Waals surface area contributed by atoms with Gasteiger partial charge in [0.05, 0.1) is 24.3 Å². The molecule has 1 aromatic carbocycles. The van der Waals surface area contributed by atoms with Crippen molar-refractivity contribution in [1.29, 1.82) is 0 Å². The van der Waals surface area contributed by atoms with E-state index < -0.39 is 21.5 Å². The van der Waals surface area contributed by atoms with Crippen molar-refractivity contribution < 1.29 is 22.4 Å². The molecule has 0 radical (unpaired) electrons. The van der Waals surface area contributed by atoms with E-state index in [9.17, 15) is 13.2 Å². The lowest BCUT2D eigenvalue weighted by Crippen LogP contribution is -2.30. The molecule has 28 heavy (non-hydrogen) atoms. The minimum absolute atomic E-state index is 0.151. The second kappa shape index (κ2) is 9.03. The Balaban J connectivity index is 1.48. The molecule has 0 saturated heterocycles. The van der Waals surface area contributed by atoms with Crippen molar-refractivity contribution in [3.63, 3.8) is 0 Å². The van der Waals surface area contributed by atoms with Crippen molar-refractivity contribution in [2.75, 3.05) is 5.75 Å². The molecular weight excluding hydrogens is 400 g/mol. The smallest absolute Gasteiger partial charge is 0.235 e. The van der Waals surface area contributed by atoms with Crippen LogP contribution < -0.4 is 10.1 Å². The number of hydrogen-bond acceptors (Lipinski definition) is 7. The number of amides is 1. The van der Waals surface area contributed by atoms with Crippen LogP contribution in [0.15, 0.2) is 52.5 Å². The van der Waals surface area contributed by atoms with Gasteiger partial charge in [0.2, 0.25) is 5.91 Å². The number of hydrogen-bond donors (Lipinski definition) is 1. The van der Waals surface area contributed by atoms with E-state index in [1.165, 1.54) is 17.6 Å². The van der Waals surface area contributed by atoms with Crippen molar-refractivity contribution in [1.82, 2.24) is 10.3 Å². The second-order valence-electron chi connectivity index (χ2n) is 6.22. The molecule has 3 rings (SSSR count). The highest BCUT2D eigenvalue weighted by Crippen LogP contribution is 2.17. The maximum Gasteiger partial charge on any atom is 0.235 e. The lowest BCUT2D eigenvalue weighted by Gasteiger charge is -2.05. The van der Waals surface area contributed by atoms with Crippen molar-refractivity contribution >= 4 is 27.1 Å². The van der Waals surface area contributed by atoms with Gasteiger partial charge in [0.15, 0.2) is 9.84 Å². The molecule has 0 saturated carbocycles. The number of carbonyl (C=O) groups excluding carboxylic acids is 1. The third-order valence-corrected chi connectivity index (χ3v) is 6.05.